The SMILES string of the molecule is CC(=O)c1ccccc1NCc1nc(-c2ccsc2)no1. The van der Waals surface area contributed by atoms with Crippen molar-refractivity contribution in [2.45, 2.75) is 13.5 Å². The monoisotopic (exact) mass is 299 g/mol. The van der Waals surface area contributed by atoms with Crippen molar-refractivity contribution in [1.82, 2.24) is 10.1 Å². The van der Waals surface area contributed by atoms with E-state index >= 15 is 0 Å². The van der Waals surface area contributed by atoms with Gasteiger partial charge in [0.25, 0.3) is 0 Å². The van der Waals surface area contributed by atoms with E-state index < -0.39 is 0 Å². The molecule has 2 aromatic heterocycles. The summed E-state index contributed by atoms with van der Waals surface area (Å²) < 4.78 is 5.21. The van der Waals surface area contributed by atoms with Gasteiger partial charge in [-0.2, -0.15) is 16.3 Å². The second kappa shape index (κ2) is 5.88. The third kappa shape index (κ3) is 3.00. The summed E-state index contributed by atoms with van der Waals surface area (Å²) in [4.78, 5) is 15.9. The molecule has 3 rings (SSSR count). The van der Waals surface area contributed by atoms with Gasteiger partial charge >= 0.3 is 0 Å². The van der Waals surface area contributed by atoms with E-state index in [4.69, 9.17) is 4.52 Å². The Morgan fingerprint density at radius 1 is 1.33 bits per heavy atom. The molecule has 106 valence electrons. The Balaban J connectivity index is 1.73. The van der Waals surface area contributed by atoms with Crippen molar-refractivity contribution in [2.75, 3.05) is 5.32 Å². The molecule has 0 aliphatic heterocycles. The lowest BCUT2D eigenvalue weighted by atomic mass is 10.1. The fourth-order valence-corrected chi connectivity index (χ4v) is 2.59. The van der Waals surface area contributed by atoms with Crippen LogP contribution in [0.5, 0.6) is 0 Å². The largest absolute Gasteiger partial charge is 0.376 e. The van der Waals surface area contributed by atoms with Crippen molar-refractivity contribution < 1.29 is 9.32 Å². The van der Waals surface area contributed by atoms with Crippen LogP contribution in [-0.2, 0) is 6.54 Å². The van der Waals surface area contributed by atoms with E-state index in [9.17, 15) is 4.79 Å². The first-order valence-corrected chi connectivity index (χ1v) is 7.37. The first kappa shape index (κ1) is 13.5. The molecule has 0 aliphatic rings. The van der Waals surface area contributed by atoms with E-state index in [-0.39, 0.29) is 5.78 Å². The van der Waals surface area contributed by atoms with Gasteiger partial charge in [0.1, 0.15) is 0 Å². The standard InChI is InChI=1S/C15H13N3O2S/c1-10(19)12-4-2-3-5-13(12)16-8-14-17-15(18-20-14)11-6-7-21-9-11/h2-7,9,16H,8H2,1H3. The van der Waals surface area contributed by atoms with Crippen molar-refractivity contribution in [2.24, 2.45) is 0 Å². The summed E-state index contributed by atoms with van der Waals surface area (Å²) >= 11 is 1.58. The molecule has 0 radical (unpaired) electrons. The molecule has 1 N–H and O–H groups in total. The van der Waals surface area contributed by atoms with Gasteiger partial charge in [0.2, 0.25) is 11.7 Å². The van der Waals surface area contributed by atoms with Crippen molar-refractivity contribution in [3.63, 3.8) is 0 Å². The van der Waals surface area contributed by atoms with Gasteiger partial charge in [0.15, 0.2) is 5.78 Å². The van der Waals surface area contributed by atoms with Crippen LogP contribution in [0.4, 0.5) is 5.69 Å². The molecule has 6 heteroatoms. The van der Waals surface area contributed by atoms with Crippen LogP contribution in [0.25, 0.3) is 11.4 Å². The van der Waals surface area contributed by atoms with Gasteiger partial charge in [-0.3, -0.25) is 4.79 Å². The maximum atomic E-state index is 11.5. The van der Waals surface area contributed by atoms with E-state index in [1.54, 1.807) is 24.3 Å². The normalized spacial score (nSPS) is 10.5. The van der Waals surface area contributed by atoms with E-state index in [0.29, 0.717) is 23.8 Å². The molecule has 0 fully saturated rings. The number of nitrogens with one attached hydrogen (secondary N) is 1. The van der Waals surface area contributed by atoms with E-state index in [0.717, 1.165) is 11.3 Å². The summed E-state index contributed by atoms with van der Waals surface area (Å²) in [5.74, 6) is 1.07. The van der Waals surface area contributed by atoms with Gasteiger partial charge < -0.3 is 9.84 Å². The molecule has 0 atom stereocenters. The molecular formula is C15H13N3O2S. The summed E-state index contributed by atoms with van der Waals surface area (Å²) in [6.45, 7) is 1.92. The molecule has 0 aliphatic carbocycles. The second-order valence-corrected chi connectivity index (χ2v) is 5.26. The lowest BCUT2D eigenvalue weighted by molar-refractivity contribution is 0.101. The number of aromatic nitrogens is 2. The van der Waals surface area contributed by atoms with Crippen LogP contribution in [0.3, 0.4) is 0 Å². The number of carbonyl (C=O) groups excluding carboxylic acids is 1. The number of Topliss-reactive ketones (excluding diaryl/α,β-unsaturated/α-hetero) is 1. The zero-order chi connectivity index (χ0) is 14.7. The van der Waals surface area contributed by atoms with Gasteiger partial charge in [-0.15, -0.1) is 0 Å². The molecule has 5 nitrogen and oxygen atoms in total. The fraction of sp³-hybridized carbons (Fsp3) is 0.133. The Morgan fingerprint density at radius 3 is 2.95 bits per heavy atom. The van der Waals surface area contributed by atoms with Crippen molar-refractivity contribution in [3.8, 4) is 11.4 Å². The molecule has 0 spiro atoms. The van der Waals surface area contributed by atoms with Crippen LogP contribution in [0, 0.1) is 0 Å². The molecule has 0 bridgehead atoms. The minimum Gasteiger partial charge on any atom is -0.376 e. The van der Waals surface area contributed by atoms with E-state index in [1.807, 2.05) is 35.0 Å². The lowest BCUT2D eigenvalue weighted by Crippen LogP contribution is -2.05. The molecule has 0 amide bonds. The van der Waals surface area contributed by atoms with Crippen LogP contribution in [-0.4, -0.2) is 15.9 Å². The number of carbonyl (C=O) groups is 1. The number of rotatable bonds is 5. The Labute approximate surface area is 125 Å². The predicted molar refractivity (Wildman–Crippen MR) is 81.4 cm³/mol. The van der Waals surface area contributed by atoms with Crippen molar-refractivity contribution >= 4 is 22.8 Å². The summed E-state index contributed by atoms with van der Waals surface area (Å²) in [5, 5.41) is 11.0. The number of nitrogens with zero attached hydrogens (tertiary/aromatic N) is 2. The lowest BCUT2D eigenvalue weighted by Gasteiger charge is -2.07. The molecule has 0 saturated heterocycles. The highest BCUT2D eigenvalue weighted by molar-refractivity contribution is 7.08. The Bertz CT molecular complexity index is 750. The van der Waals surface area contributed by atoms with Crippen molar-refractivity contribution in [3.05, 3.63) is 52.5 Å². The summed E-state index contributed by atoms with van der Waals surface area (Å²) in [6, 6.07) is 9.29. The summed E-state index contributed by atoms with van der Waals surface area (Å²) in [5.41, 5.74) is 2.36. The summed E-state index contributed by atoms with van der Waals surface area (Å²) in [6.07, 6.45) is 0. The topological polar surface area (TPSA) is 68.0 Å². The van der Waals surface area contributed by atoms with Gasteiger partial charge in [0, 0.05) is 22.2 Å². The zero-order valence-corrected chi connectivity index (χ0v) is 12.2. The summed E-state index contributed by atoms with van der Waals surface area (Å²) in [7, 11) is 0. The Kier molecular flexibility index (Phi) is 3.79. The zero-order valence-electron chi connectivity index (χ0n) is 11.4. The highest BCUT2D eigenvalue weighted by Crippen LogP contribution is 2.20. The highest BCUT2D eigenvalue weighted by Gasteiger charge is 2.10. The van der Waals surface area contributed by atoms with E-state index in [1.165, 1.54) is 0 Å². The van der Waals surface area contributed by atoms with Gasteiger partial charge in [-0.05, 0) is 30.5 Å². The number of ketones is 1. The van der Waals surface area contributed by atoms with Crippen LogP contribution in [0.1, 0.15) is 23.2 Å². The highest BCUT2D eigenvalue weighted by atomic mass is 32.1. The van der Waals surface area contributed by atoms with Gasteiger partial charge in [-0.1, -0.05) is 17.3 Å². The predicted octanol–water partition coefficient (Wildman–Crippen LogP) is 3.61. The molecule has 21 heavy (non-hydrogen) atoms. The van der Waals surface area contributed by atoms with Crippen LogP contribution in [0.2, 0.25) is 0 Å². The minimum atomic E-state index is 0.0163. The quantitative estimate of drug-likeness (QED) is 0.729. The minimum absolute atomic E-state index is 0.0163. The second-order valence-electron chi connectivity index (χ2n) is 4.48. The average molecular weight is 299 g/mol. The molecule has 3 aromatic rings. The molecular weight excluding hydrogens is 286 g/mol. The number of benzene rings is 1. The molecule has 0 saturated carbocycles. The first-order chi connectivity index (χ1) is 10.2. The van der Waals surface area contributed by atoms with Crippen LogP contribution in [0.15, 0.2) is 45.6 Å². The molecule has 0 unspecified atom stereocenters. The number of para-hydroxylation sites is 1. The number of thiophene rings is 1. The average Bonchev–Trinajstić information content (AvgIpc) is 3.16. The van der Waals surface area contributed by atoms with Gasteiger partial charge in [-0.25, -0.2) is 0 Å². The third-order valence-electron chi connectivity index (χ3n) is 2.98. The molecule has 2 heterocycles. The first-order valence-electron chi connectivity index (χ1n) is 6.43. The fourth-order valence-electron chi connectivity index (χ4n) is 1.95. The Hall–Kier alpha value is -2.47. The van der Waals surface area contributed by atoms with Crippen molar-refractivity contribution in [1.29, 1.82) is 0 Å². The Morgan fingerprint density at radius 2 is 2.19 bits per heavy atom. The smallest absolute Gasteiger partial charge is 0.246 e. The van der Waals surface area contributed by atoms with Crippen LogP contribution >= 0.6 is 11.3 Å². The number of anilines is 1. The molecule has 1 aromatic carbocycles. The maximum Gasteiger partial charge on any atom is 0.246 e. The number of hydrogen-bond donors (Lipinski definition) is 1. The number of hydrogen-bond acceptors (Lipinski definition) is 6. The van der Waals surface area contributed by atoms with E-state index in [2.05, 4.69) is 15.5 Å². The third-order valence-corrected chi connectivity index (χ3v) is 3.67. The van der Waals surface area contributed by atoms with Gasteiger partial charge in [0.05, 0.1) is 6.54 Å². The maximum absolute atomic E-state index is 11.5. The van der Waals surface area contributed by atoms with Crippen LogP contribution < -0.4 is 5.32 Å².